The van der Waals surface area contributed by atoms with Crippen molar-refractivity contribution in [3.63, 3.8) is 0 Å². The Hall–Kier alpha value is -5.55. The van der Waals surface area contributed by atoms with Crippen LogP contribution in [-0.2, 0) is 11.3 Å². The standard InChI is InChI=1S/C33H26FN7O2S/c1-4-27(42)39-15-20-5-7-22(18(2)13-20)30-28(21-6-8-26(24(34)14-21)43-33-38-10-9-19(3)41-33)29-31(44-30)23(16-40-32(29)35)25-17-36-11-12-37-25/h4-14,16-17H,1,15H2,2-3H3,(H2,35,40)(H,39,42). The van der Waals surface area contributed by atoms with Crippen LogP contribution in [0, 0.1) is 19.7 Å². The molecule has 0 saturated heterocycles. The van der Waals surface area contributed by atoms with Crippen LogP contribution in [0.2, 0.25) is 0 Å². The van der Waals surface area contributed by atoms with Gasteiger partial charge in [0, 0.05) is 58.4 Å². The number of carbonyl (C=O) groups is 1. The predicted molar refractivity (Wildman–Crippen MR) is 170 cm³/mol. The molecule has 0 spiro atoms. The van der Waals surface area contributed by atoms with E-state index in [1.165, 1.54) is 23.5 Å². The summed E-state index contributed by atoms with van der Waals surface area (Å²) in [5.41, 5.74) is 12.8. The van der Waals surface area contributed by atoms with Crippen molar-refractivity contribution in [1.82, 2.24) is 30.2 Å². The molecule has 0 radical (unpaired) electrons. The number of hydrogen-bond acceptors (Lipinski definition) is 9. The van der Waals surface area contributed by atoms with Crippen molar-refractivity contribution in [3.05, 3.63) is 109 Å². The number of carbonyl (C=O) groups excluding carboxylic acids is 1. The number of fused-ring (bicyclic) bond motifs is 1. The van der Waals surface area contributed by atoms with E-state index >= 15 is 4.39 Å². The predicted octanol–water partition coefficient (Wildman–Crippen LogP) is 6.81. The van der Waals surface area contributed by atoms with Gasteiger partial charge in [0.25, 0.3) is 0 Å². The fraction of sp³-hybridized carbons (Fsp3) is 0.0909. The number of hydrogen-bond donors (Lipinski definition) is 2. The Morgan fingerprint density at radius 2 is 1.91 bits per heavy atom. The summed E-state index contributed by atoms with van der Waals surface area (Å²) in [6.45, 7) is 7.65. The van der Waals surface area contributed by atoms with E-state index in [4.69, 9.17) is 10.5 Å². The maximum Gasteiger partial charge on any atom is 0.322 e. The van der Waals surface area contributed by atoms with Crippen LogP contribution in [0.1, 0.15) is 16.8 Å². The van der Waals surface area contributed by atoms with Crippen LogP contribution >= 0.6 is 11.3 Å². The maximum atomic E-state index is 15.6. The number of nitrogens with two attached hydrogens (primary N) is 1. The minimum atomic E-state index is -0.584. The first kappa shape index (κ1) is 28.6. The summed E-state index contributed by atoms with van der Waals surface area (Å²) in [4.78, 5) is 34.1. The number of aryl methyl sites for hydroxylation is 2. The van der Waals surface area contributed by atoms with Gasteiger partial charge >= 0.3 is 6.01 Å². The van der Waals surface area contributed by atoms with Gasteiger partial charge in [-0.05, 0) is 60.4 Å². The summed E-state index contributed by atoms with van der Waals surface area (Å²) in [7, 11) is 0. The lowest BCUT2D eigenvalue weighted by Crippen LogP contribution is -2.19. The van der Waals surface area contributed by atoms with Crippen molar-refractivity contribution in [2.75, 3.05) is 5.73 Å². The highest BCUT2D eigenvalue weighted by molar-refractivity contribution is 7.23. The number of nitrogens with zero attached hydrogens (tertiary/aromatic N) is 5. The van der Waals surface area contributed by atoms with Gasteiger partial charge in [0.2, 0.25) is 5.91 Å². The molecule has 0 aliphatic carbocycles. The Balaban J connectivity index is 1.52. The van der Waals surface area contributed by atoms with Crippen molar-refractivity contribution in [2.24, 2.45) is 0 Å². The molecule has 11 heteroatoms. The van der Waals surface area contributed by atoms with Crippen LogP contribution < -0.4 is 15.8 Å². The molecule has 0 unspecified atom stereocenters. The van der Waals surface area contributed by atoms with Gasteiger partial charge in [-0.2, -0.15) is 0 Å². The zero-order valence-electron chi connectivity index (χ0n) is 23.8. The van der Waals surface area contributed by atoms with Gasteiger partial charge in [0.05, 0.1) is 16.6 Å². The summed E-state index contributed by atoms with van der Waals surface area (Å²) in [6.07, 6.45) is 9.37. The molecule has 0 aliphatic rings. The Morgan fingerprint density at radius 3 is 2.64 bits per heavy atom. The third-order valence-electron chi connectivity index (χ3n) is 6.96. The van der Waals surface area contributed by atoms with E-state index in [0.717, 1.165) is 37.4 Å². The van der Waals surface area contributed by atoms with Gasteiger partial charge in [0.15, 0.2) is 11.6 Å². The van der Waals surface area contributed by atoms with Gasteiger partial charge in [-0.1, -0.05) is 30.8 Å². The van der Waals surface area contributed by atoms with Crippen molar-refractivity contribution in [1.29, 1.82) is 0 Å². The van der Waals surface area contributed by atoms with Crippen LogP contribution in [0.3, 0.4) is 0 Å². The van der Waals surface area contributed by atoms with E-state index in [0.29, 0.717) is 34.7 Å². The second kappa shape index (κ2) is 12.0. The monoisotopic (exact) mass is 603 g/mol. The van der Waals surface area contributed by atoms with Crippen LogP contribution in [0.5, 0.6) is 11.8 Å². The molecule has 0 aliphatic heterocycles. The molecule has 218 valence electrons. The molecular weight excluding hydrogens is 577 g/mol. The summed E-state index contributed by atoms with van der Waals surface area (Å²) < 4.78 is 22.1. The number of nitrogen functional groups attached to an aromatic ring is 1. The average Bonchev–Trinajstić information content (AvgIpc) is 3.42. The Morgan fingerprint density at radius 1 is 1.05 bits per heavy atom. The molecule has 9 nitrogen and oxygen atoms in total. The van der Waals surface area contributed by atoms with E-state index in [-0.39, 0.29) is 17.7 Å². The zero-order valence-corrected chi connectivity index (χ0v) is 24.7. The second-order valence-electron chi connectivity index (χ2n) is 9.96. The van der Waals surface area contributed by atoms with E-state index in [1.807, 2.05) is 25.1 Å². The molecule has 1 amide bonds. The number of benzene rings is 2. The van der Waals surface area contributed by atoms with E-state index in [9.17, 15) is 4.79 Å². The average molecular weight is 604 g/mol. The fourth-order valence-corrected chi connectivity index (χ4v) is 6.31. The van der Waals surface area contributed by atoms with Crippen LogP contribution in [-0.4, -0.2) is 30.8 Å². The zero-order chi connectivity index (χ0) is 30.8. The molecule has 4 aromatic heterocycles. The molecule has 2 aromatic carbocycles. The van der Waals surface area contributed by atoms with Crippen LogP contribution in [0.15, 0.2) is 86.1 Å². The molecule has 44 heavy (non-hydrogen) atoms. The number of nitrogens with one attached hydrogen (secondary N) is 1. The van der Waals surface area contributed by atoms with E-state index < -0.39 is 5.82 Å². The lowest BCUT2D eigenvalue weighted by molar-refractivity contribution is -0.116. The highest BCUT2D eigenvalue weighted by atomic mass is 32.1. The Bertz CT molecular complexity index is 2050. The fourth-order valence-electron chi connectivity index (χ4n) is 4.87. The van der Waals surface area contributed by atoms with E-state index in [2.05, 4.69) is 36.8 Å². The number of anilines is 1. The molecule has 3 N–H and O–H groups in total. The third kappa shape index (κ3) is 5.60. The Kier molecular flexibility index (Phi) is 7.78. The second-order valence-corrected chi connectivity index (χ2v) is 11.0. The number of halogens is 1. The van der Waals surface area contributed by atoms with Gasteiger partial charge in [-0.3, -0.25) is 14.8 Å². The van der Waals surface area contributed by atoms with Crippen molar-refractivity contribution < 1.29 is 13.9 Å². The normalized spacial score (nSPS) is 11.0. The molecular formula is C33H26FN7O2S. The van der Waals surface area contributed by atoms with Crippen molar-refractivity contribution in [3.8, 4) is 44.6 Å². The number of thiophene rings is 1. The number of pyridine rings is 1. The maximum absolute atomic E-state index is 15.6. The van der Waals surface area contributed by atoms with Gasteiger partial charge < -0.3 is 15.8 Å². The van der Waals surface area contributed by atoms with Gasteiger partial charge in [-0.25, -0.2) is 19.3 Å². The Labute approximate surface area is 256 Å². The van der Waals surface area contributed by atoms with Gasteiger partial charge in [0.1, 0.15) is 5.82 Å². The molecule has 0 atom stereocenters. The molecule has 0 bridgehead atoms. The minimum Gasteiger partial charge on any atom is -0.421 e. The number of ether oxygens (including phenoxy) is 1. The van der Waals surface area contributed by atoms with E-state index in [1.54, 1.807) is 56.1 Å². The summed E-state index contributed by atoms with van der Waals surface area (Å²) in [5.74, 6) is -0.532. The summed E-state index contributed by atoms with van der Waals surface area (Å²) in [5, 5.41) is 3.49. The number of rotatable bonds is 8. The lowest BCUT2D eigenvalue weighted by Gasteiger charge is -2.12. The first-order chi connectivity index (χ1) is 21.3. The molecule has 0 saturated carbocycles. The van der Waals surface area contributed by atoms with Crippen LogP contribution in [0.25, 0.3) is 42.9 Å². The first-order valence-electron chi connectivity index (χ1n) is 13.6. The molecule has 6 rings (SSSR count). The summed E-state index contributed by atoms with van der Waals surface area (Å²) in [6, 6.07) is 12.5. The third-order valence-corrected chi connectivity index (χ3v) is 8.22. The van der Waals surface area contributed by atoms with Crippen molar-refractivity contribution in [2.45, 2.75) is 20.4 Å². The number of amides is 1. The topological polar surface area (TPSA) is 129 Å². The molecule has 0 fully saturated rings. The molecule has 4 heterocycles. The van der Waals surface area contributed by atoms with Crippen LogP contribution in [0.4, 0.5) is 10.2 Å². The minimum absolute atomic E-state index is 0.00566. The smallest absolute Gasteiger partial charge is 0.322 e. The lowest BCUT2D eigenvalue weighted by atomic mass is 9.95. The largest absolute Gasteiger partial charge is 0.421 e. The van der Waals surface area contributed by atoms with Crippen molar-refractivity contribution >= 4 is 33.1 Å². The SMILES string of the molecule is C=CC(=O)NCc1ccc(-c2sc3c(-c4cnccn4)cnc(N)c3c2-c2ccc(Oc3nccc(C)n3)c(F)c2)c(C)c1. The molecule has 6 aromatic rings. The highest BCUT2D eigenvalue weighted by Crippen LogP contribution is 2.50. The quantitative estimate of drug-likeness (QED) is 0.182. The summed E-state index contributed by atoms with van der Waals surface area (Å²) >= 11 is 1.52. The highest BCUT2D eigenvalue weighted by Gasteiger charge is 2.24. The number of aromatic nitrogens is 5. The first-order valence-corrected chi connectivity index (χ1v) is 14.4. The van der Waals surface area contributed by atoms with Gasteiger partial charge in [-0.15, -0.1) is 11.3 Å².